The molecule has 0 spiro atoms. The van der Waals surface area contributed by atoms with E-state index in [1.807, 2.05) is 0 Å². The lowest BCUT2D eigenvalue weighted by atomic mass is 9.78. The Balaban J connectivity index is 2.16. The van der Waals surface area contributed by atoms with Crippen LogP contribution in [0.25, 0.3) is 0 Å². The fourth-order valence-electron chi connectivity index (χ4n) is 1.54. The van der Waals surface area contributed by atoms with Gasteiger partial charge in [-0.25, -0.2) is 0 Å². The minimum atomic E-state index is 0.587. The third kappa shape index (κ3) is 0.673. The van der Waals surface area contributed by atoms with Crippen LogP contribution in [0.5, 0.6) is 0 Å². The predicted molar refractivity (Wildman–Crippen MR) is 41.9 cm³/mol. The van der Waals surface area contributed by atoms with Crippen LogP contribution < -0.4 is 5.73 Å². The summed E-state index contributed by atoms with van der Waals surface area (Å²) < 4.78 is 6.86. The number of hydrogen-bond donors (Lipinski definition) is 1. The van der Waals surface area contributed by atoms with Gasteiger partial charge < -0.3 is 5.73 Å². The lowest BCUT2D eigenvalue weighted by Crippen LogP contribution is -2.24. The van der Waals surface area contributed by atoms with E-state index in [2.05, 4.69) is 30.0 Å². The summed E-state index contributed by atoms with van der Waals surface area (Å²) in [6.45, 7) is 0.789. The van der Waals surface area contributed by atoms with E-state index in [1.165, 1.54) is 11.1 Å². The lowest BCUT2D eigenvalue weighted by molar-refractivity contribution is 0.618. The molecule has 1 atom stereocenters. The first-order valence-electron chi connectivity index (χ1n) is 4.14. The van der Waals surface area contributed by atoms with Gasteiger partial charge in [-0.3, -0.25) is 0 Å². The SMILES string of the molecule is [2H]NCC1Cc2ccccc21. The molecule has 0 saturated heterocycles. The molecule has 10 heavy (non-hydrogen) atoms. The molecule has 0 fully saturated rings. The van der Waals surface area contributed by atoms with Crippen LogP contribution >= 0.6 is 0 Å². The number of fused-ring (bicyclic) bond motifs is 1. The summed E-state index contributed by atoms with van der Waals surface area (Å²) in [6, 6.07) is 8.45. The summed E-state index contributed by atoms with van der Waals surface area (Å²) in [5.74, 6) is 0.587. The van der Waals surface area contributed by atoms with Crippen molar-refractivity contribution in [3.63, 3.8) is 0 Å². The zero-order chi connectivity index (χ0) is 7.68. The summed E-state index contributed by atoms with van der Waals surface area (Å²) in [4.78, 5) is 0. The summed E-state index contributed by atoms with van der Waals surface area (Å²) in [7, 11) is 0. The molecular formula is C9H11N. The topological polar surface area (TPSA) is 26.0 Å². The molecule has 1 aliphatic rings. The Labute approximate surface area is 62.3 Å². The summed E-state index contributed by atoms with van der Waals surface area (Å²) in [5, 5.41) is 0. The lowest BCUT2D eigenvalue weighted by Gasteiger charge is -2.28. The number of nitrogens with two attached hydrogens (primary N) is 1. The van der Waals surface area contributed by atoms with Crippen LogP contribution in [-0.4, -0.2) is 6.54 Å². The molecule has 1 unspecified atom stereocenters. The molecular weight excluding hydrogens is 122 g/mol. The third-order valence-corrected chi connectivity index (χ3v) is 2.21. The largest absolute Gasteiger partial charge is 0.330 e. The molecule has 0 radical (unpaired) electrons. The van der Waals surface area contributed by atoms with Crippen molar-refractivity contribution in [3.05, 3.63) is 35.4 Å². The first-order valence-corrected chi connectivity index (χ1v) is 3.64. The van der Waals surface area contributed by atoms with Crippen LogP contribution in [-0.2, 0) is 6.42 Å². The zero-order valence-corrected chi connectivity index (χ0v) is 5.80. The quantitative estimate of drug-likeness (QED) is 0.648. The minimum absolute atomic E-state index is 0.587. The van der Waals surface area contributed by atoms with E-state index in [1.54, 1.807) is 0 Å². The van der Waals surface area contributed by atoms with Crippen molar-refractivity contribution in [2.45, 2.75) is 12.3 Å². The van der Waals surface area contributed by atoms with Gasteiger partial charge in [0.05, 0.1) is 0 Å². The van der Waals surface area contributed by atoms with Crippen LogP contribution in [0, 0.1) is 0 Å². The normalized spacial score (nSPS) is 22.8. The first-order chi connectivity index (χ1) is 5.42. The smallest absolute Gasteiger partial charge is 0.118 e. The number of benzene rings is 1. The van der Waals surface area contributed by atoms with Crippen LogP contribution in [0.1, 0.15) is 17.0 Å². The Morgan fingerprint density at radius 3 is 3.30 bits per heavy atom. The summed E-state index contributed by atoms with van der Waals surface area (Å²) in [6.07, 6.45) is 1.14. The van der Waals surface area contributed by atoms with Crippen molar-refractivity contribution in [2.75, 3.05) is 6.54 Å². The molecule has 0 bridgehead atoms. The van der Waals surface area contributed by atoms with E-state index in [4.69, 9.17) is 1.41 Å². The second kappa shape index (κ2) is 2.10. The van der Waals surface area contributed by atoms with Gasteiger partial charge in [-0.1, -0.05) is 24.3 Å². The summed E-state index contributed by atoms with van der Waals surface area (Å²) in [5.41, 5.74) is 5.34. The summed E-state index contributed by atoms with van der Waals surface area (Å²) >= 11 is 0. The molecule has 0 saturated carbocycles. The molecule has 1 aliphatic carbocycles. The highest BCUT2D eigenvalue weighted by Crippen LogP contribution is 2.33. The maximum Gasteiger partial charge on any atom is 0.118 e. The number of hydrogen-bond acceptors (Lipinski definition) is 1. The monoisotopic (exact) mass is 134 g/mol. The number of rotatable bonds is 2. The molecule has 1 aromatic carbocycles. The standard InChI is InChI=1S/C9H11N/c10-6-8-5-7-3-1-2-4-9(7)8/h1-4,8H,5-6,10H2/i/hD. The molecule has 0 heterocycles. The Morgan fingerprint density at radius 2 is 2.50 bits per heavy atom. The molecule has 2 rings (SSSR count). The molecule has 0 aromatic heterocycles. The Morgan fingerprint density at radius 1 is 1.60 bits per heavy atom. The fraction of sp³-hybridized carbons (Fsp3) is 0.333. The molecule has 1 heteroatoms. The van der Waals surface area contributed by atoms with Crippen LogP contribution in [0.4, 0.5) is 0 Å². The van der Waals surface area contributed by atoms with Gasteiger partial charge in [-0.05, 0) is 24.1 Å². The highest BCUT2D eigenvalue weighted by atomic mass is 14.6. The van der Waals surface area contributed by atoms with Crippen molar-refractivity contribution in [1.82, 2.24) is 0 Å². The maximum atomic E-state index is 6.86. The van der Waals surface area contributed by atoms with Gasteiger partial charge in [0.25, 0.3) is 0 Å². The second-order valence-electron chi connectivity index (χ2n) is 2.80. The fourth-order valence-corrected chi connectivity index (χ4v) is 1.54. The van der Waals surface area contributed by atoms with E-state index in [0.717, 1.165) is 13.0 Å². The van der Waals surface area contributed by atoms with Gasteiger partial charge in [-0.2, -0.15) is 0 Å². The Bertz CT molecular complexity index is 259. The highest BCUT2D eigenvalue weighted by Gasteiger charge is 2.22. The van der Waals surface area contributed by atoms with Gasteiger partial charge in [0.15, 0.2) is 0 Å². The first kappa shape index (κ1) is 4.91. The highest BCUT2D eigenvalue weighted by molar-refractivity contribution is 5.39. The van der Waals surface area contributed by atoms with Gasteiger partial charge in [0, 0.05) is 5.92 Å². The van der Waals surface area contributed by atoms with Crippen LogP contribution in [0.3, 0.4) is 0 Å². The Hall–Kier alpha value is -0.820. The zero-order valence-electron chi connectivity index (χ0n) is 6.80. The van der Waals surface area contributed by atoms with E-state index < -0.39 is 0 Å². The van der Waals surface area contributed by atoms with E-state index >= 15 is 0 Å². The second-order valence-corrected chi connectivity index (χ2v) is 2.80. The molecule has 2 N–H and O–H groups in total. The molecule has 52 valence electrons. The van der Waals surface area contributed by atoms with E-state index in [0.29, 0.717) is 5.92 Å². The van der Waals surface area contributed by atoms with Crippen molar-refractivity contribution in [2.24, 2.45) is 5.73 Å². The Kier molecular flexibility index (Phi) is 1.03. The average Bonchev–Trinajstić information content (AvgIpc) is 2.01. The van der Waals surface area contributed by atoms with Gasteiger partial charge in [-0.15, -0.1) is 0 Å². The van der Waals surface area contributed by atoms with E-state index in [-0.39, 0.29) is 0 Å². The van der Waals surface area contributed by atoms with Gasteiger partial charge in [0.1, 0.15) is 1.41 Å². The van der Waals surface area contributed by atoms with Gasteiger partial charge >= 0.3 is 0 Å². The molecule has 0 amide bonds. The van der Waals surface area contributed by atoms with Crippen molar-refractivity contribution < 1.29 is 1.41 Å². The average molecular weight is 134 g/mol. The third-order valence-electron chi connectivity index (χ3n) is 2.21. The molecule has 1 aromatic rings. The van der Waals surface area contributed by atoms with Crippen LogP contribution in [0.2, 0.25) is 1.41 Å². The predicted octanol–water partition coefficient (Wildman–Crippen LogP) is 1.29. The minimum Gasteiger partial charge on any atom is -0.330 e. The van der Waals surface area contributed by atoms with E-state index in [9.17, 15) is 0 Å². The van der Waals surface area contributed by atoms with Crippen molar-refractivity contribution >= 4 is 0 Å². The van der Waals surface area contributed by atoms with Crippen molar-refractivity contribution in [1.29, 1.82) is 0 Å². The van der Waals surface area contributed by atoms with Crippen molar-refractivity contribution in [3.8, 4) is 0 Å². The maximum absolute atomic E-state index is 6.86. The van der Waals surface area contributed by atoms with Crippen LogP contribution in [0.15, 0.2) is 24.3 Å². The molecule has 1 nitrogen and oxygen atoms in total. The van der Waals surface area contributed by atoms with Gasteiger partial charge in [0.2, 0.25) is 0 Å². The molecule has 0 aliphatic heterocycles.